The standard InChI is InChI=1S/C24H28ClN3O2/c25-19-10-12-20(13-11-19)30-17-24(29)26-16-23-27-21-8-4-5-9-22(21)28(23)15-14-18-6-2-1-3-7-18/h4-5,8-13,18H,1-3,6-7,14-17H2,(H,26,29). The van der Waals surface area contributed by atoms with Crippen LogP contribution in [0.25, 0.3) is 11.0 Å². The second kappa shape index (κ2) is 9.98. The minimum atomic E-state index is -0.171. The molecule has 4 rings (SSSR count). The fourth-order valence-corrected chi connectivity index (χ4v) is 4.33. The van der Waals surface area contributed by atoms with E-state index in [-0.39, 0.29) is 12.5 Å². The first kappa shape index (κ1) is 20.7. The summed E-state index contributed by atoms with van der Waals surface area (Å²) in [5, 5.41) is 3.58. The molecule has 5 nitrogen and oxygen atoms in total. The van der Waals surface area contributed by atoms with Crippen LogP contribution in [0.5, 0.6) is 5.75 Å². The van der Waals surface area contributed by atoms with Crippen molar-refractivity contribution in [2.45, 2.75) is 51.6 Å². The first-order valence-electron chi connectivity index (χ1n) is 10.8. The maximum Gasteiger partial charge on any atom is 0.258 e. The van der Waals surface area contributed by atoms with Crippen molar-refractivity contribution >= 4 is 28.5 Å². The van der Waals surface area contributed by atoms with E-state index in [9.17, 15) is 4.79 Å². The molecule has 0 bridgehead atoms. The van der Waals surface area contributed by atoms with E-state index in [1.54, 1.807) is 24.3 Å². The molecule has 0 atom stereocenters. The van der Waals surface area contributed by atoms with E-state index in [2.05, 4.69) is 16.0 Å². The smallest absolute Gasteiger partial charge is 0.258 e. The van der Waals surface area contributed by atoms with Gasteiger partial charge in [0, 0.05) is 11.6 Å². The number of rotatable bonds is 8. The number of aryl methyl sites for hydroxylation is 1. The fraction of sp³-hybridized carbons (Fsp3) is 0.417. The maximum absolute atomic E-state index is 12.3. The molecule has 0 aliphatic heterocycles. The number of imidazole rings is 1. The molecule has 1 amide bonds. The van der Waals surface area contributed by atoms with Crippen molar-refractivity contribution in [3.63, 3.8) is 0 Å². The number of nitrogens with one attached hydrogen (secondary N) is 1. The highest BCUT2D eigenvalue weighted by Crippen LogP contribution is 2.28. The van der Waals surface area contributed by atoms with Crippen LogP contribution < -0.4 is 10.1 Å². The summed E-state index contributed by atoms with van der Waals surface area (Å²) in [4.78, 5) is 17.1. The molecule has 3 aromatic rings. The van der Waals surface area contributed by atoms with Crippen LogP contribution in [-0.4, -0.2) is 22.1 Å². The van der Waals surface area contributed by atoms with Gasteiger partial charge in [-0.3, -0.25) is 4.79 Å². The summed E-state index contributed by atoms with van der Waals surface area (Å²) in [6, 6.07) is 15.2. The van der Waals surface area contributed by atoms with Gasteiger partial charge in [-0.25, -0.2) is 4.98 Å². The minimum absolute atomic E-state index is 0.0378. The number of halogens is 1. The van der Waals surface area contributed by atoms with E-state index in [1.807, 2.05) is 18.2 Å². The summed E-state index contributed by atoms with van der Waals surface area (Å²) in [6.45, 7) is 1.30. The van der Waals surface area contributed by atoms with Crippen LogP contribution in [0.3, 0.4) is 0 Å². The highest BCUT2D eigenvalue weighted by atomic mass is 35.5. The molecule has 1 aliphatic rings. The zero-order valence-electron chi connectivity index (χ0n) is 17.1. The molecule has 1 heterocycles. The van der Waals surface area contributed by atoms with E-state index in [0.29, 0.717) is 17.3 Å². The van der Waals surface area contributed by atoms with Crippen molar-refractivity contribution in [2.24, 2.45) is 5.92 Å². The topological polar surface area (TPSA) is 56.1 Å². The van der Waals surface area contributed by atoms with Crippen LogP contribution in [-0.2, 0) is 17.9 Å². The summed E-state index contributed by atoms with van der Waals surface area (Å²) >= 11 is 5.87. The normalized spacial score (nSPS) is 14.7. The van der Waals surface area contributed by atoms with Crippen molar-refractivity contribution in [3.8, 4) is 5.75 Å². The predicted molar refractivity (Wildman–Crippen MR) is 120 cm³/mol. The van der Waals surface area contributed by atoms with Gasteiger partial charge in [-0.1, -0.05) is 55.8 Å². The lowest BCUT2D eigenvalue weighted by molar-refractivity contribution is -0.123. The zero-order chi connectivity index (χ0) is 20.8. The van der Waals surface area contributed by atoms with E-state index in [1.165, 1.54) is 38.5 Å². The first-order valence-corrected chi connectivity index (χ1v) is 11.2. The average molecular weight is 426 g/mol. The van der Waals surface area contributed by atoms with E-state index < -0.39 is 0 Å². The first-order chi connectivity index (χ1) is 14.7. The Balaban J connectivity index is 1.37. The Kier molecular flexibility index (Phi) is 6.90. The lowest BCUT2D eigenvalue weighted by atomic mass is 9.87. The Morgan fingerprint density at radius 1 is 1.10 bits per heavy atom. The number of nitrogens with zero attached hydrogens (tertiary/aromatic N) is 2. The number of hydrogen-bond donors (Lipinski definition) is 1. The minimum Gasteiger partial charge on any atom is -0.484 e. The third-order valence-corrected chi connectivity index (χ3v) is 6.10. The molecule has 158 valence electrons. The van der Waals surface area contributed by atoms with Crippen LogP contribution in [0.15, 0.2) is 48.5 Å². The highest BCUT2D eigenvalue weighted by Gasteiger charge is 2.16. The lowest BCUT2D eigenvalue weighted by Gasteiger charge is -2.22. The number of carbonyl (C=O) groups is 1. The van der Waals surface area contributed by atoms with Crippen molar-refractivity contribution in [2.75, 3.05) is 6.61 Å². The van der Waals surface area contributed by atoms with Gasteiger partial charge in [-0.2, -0.15) is 0 Å². The average Bonchev–Trinajstić information content (AvgIpc) is 3.14. The monoisotopic (exact) mass is 425 g/mol. The van der Waals surface area contributed by atoms with Crippen molar-refractivity contribution in [1.29, 1.82) is 0 Å². The third-order valence-electron chi connectivity index (χ3n) is 5.85. The molecule has 1 saturated carbocycles. The summed E-state index contributed by atoms with van der Waals surface area (Å²) in [7, 11) is 0. The number of carbonyl (C=O) groups excluding carboxylic acids is 1. The summed E-state index contributed by atoms with van der Waals surface area (Å²) in [5.41, 5.74) is 2.11. The molecular formula is C24H28ClN3O2. The Morgan fingerprint density at radius 3 is 2.67 bits per heavy atom. The molecule has 30 heavy (non-hydrogen) atoms. The molecule has 0 radical (unpaired) electrons. The van der Waals surface area contributed by atoms with Gasteiger partial charge in [0.05, 0.1) is 17.6 Å². The van der Waals surface area contributed by atoms with Gasteiger partial charge in [-0.15, -0.1) is 0 Å². The Morgan fingerprint density at radius 2 is 1.87 bits per heavy atom. The molecule has 2 aromatic carbocycles. The second-order valence-corrected chi connectivity index (χ2v) is 8.42. The van der Waals surface area contributed by atoms with Crippen LogP contribution in [0, 0.1) is 5.92 Å². The number of hydrogen-bond acceptors (Lipinski definition) is 3. The van der Waals surface area contributed by atoms with E-state index in [4.69, 9.17) is 21.3 Å². The highest BCUT2D eigenvalue weighted by molar-refractivity contribution is 6.30. The van der Waals surface area contributed by atoms with E-state index >= 15 is 0 Å². The lowest BCUT2D eigenvalue weighted by Crippen LogP contribution is -2.29. The Labute approximate surface area is 182 Å². The molecule has 0 unspecified atom stereocenters. The summed E-state index contributed by atoms with van der Waals surface area (Å²) < 4.78 is 7.80. The van der Waals surface area contributed by atoms with Gasteiger partial charge < -0.3 is 14.6 Å². The van der Waals surface area contributed by atoms with Gasteiger partial charge >= 0.3 is 0 Å². The zero-order valence-corrected chi connectivity index (χ0v) is 17.9. The molecular weight excluding hydrogens is 398 g/mol. The van der Waals surface area contributed by atoms with Gasteiger partial charge in [0.2, 0.25) is 0 Å². The number of benzene rings is 2. The molecule has 1 fully saturated rings. The SMILES string of the molecule is O=C(COc1ccc(Cl)cc1)NCc1nc2ccccc2n1CCC1CCCCC1. The van der Waals surface area contributed by atoms with Gasteiger partial charge in [0.1, 0.15) is 11.6 Å². The largest absolute Gasteiger partial charge is 0.484 e. The van der Waals surface area contributed by atoms with Gasteiger partial charge in [0.25, 0.3) is 5.91 Å². The predicted octanol–water partition coefficient (Wildman–Crippen LogP) is 5.36. The molecule has 0 saturated heterocycles. The molecule has 1 aliphatic carbocycles. The Bertz CT molecular complexity index is 978. The summed E-state index contributed by atoms with van der Waals surface area (Å²) in [6.07, 6.45) is 7.92. The number of amides is 1. The number of aromatic nitrogens is 2. The quantitative estimate of drug-likeness (QED) is 0.528. The fourth-order valence-electron chi connectivity index (χ4n) is 4.21. The molecule has 6 heteroatoms. The van der Waals surface area contributed by atoms with Gasteiger partial charge in [-0.05, 0) is 48.7 Å². The van der Waals surface area contributed by atoms with Gasteiger partial charge in [0.15, 0.2) is 6.61 Å². The van der Waals surface area contributed by atoms with E-state index in [0.717, 1.165) is 29.3 Å². The van der Waals surface area contributed by atoms with Crippen LogP contribution in [0.1, 0.15) is 44.3 Å². The third kappa shape index (κ3) is 5.33. The number of para-hydroxylation sites is 2. The molecule has 1 N–H and O–H groups in total. The number of ether oxygens (including phenoxy) is 1. The summed E-state index contributed by atoms with van der Waals surface area (Å²) in [5.74, 6) is 2.15. The second-order valence-electron chi connectivity index (χ2n) is 7.98. The molecule has 0 spiro atoms. The molecule has 1 aromatic heterocycles. The van der Waals surface area contributed by atoms with Crippen molar-refractivity contribution in [3.05, 3.63) is 59.4 Å². The maximum atomic E-state index is 12.3. The van der Waals surface area contributed by atoms with Crippen LogP contribution in [0.4, 0.5) is 0 Å². The van der Waals surface area contributed by atoms with Crippen LogP contribution in [0.2, 0.25) is 5.02 Å². The van der Waals surface area contributed by atoms with Crippen LogP contribution >= 0.6 is 11.6 Å². The number of fused-ring (bicyclic) bond motifs is 1. The Hall–Kier alpha value is -2.53. The van der Waals surface area contributed by atoms with Crippen molar-refractivity contribution < 1.29 is 9.53 Å². The van der Waals surface area contributed by atoms with Crippen molar-refractivity contribution in [1.82, 2.24) is 14.9 Å².